The third-order valence-electron chi connectivity index (χ3n) is 5.07. The maximum atomic E-state index is 12.5. The van der Waals surface area contributed by atoms with Crippen LogP contribution < -0.4 is 20.7 Å². The van der Waals surface area contributed by atoms with Crippen LogP contribution in [0.2, 0.25) is 0 Å². The third kappa shape index (κ3) is 3.51. The normalized spacial score (nSPS) is 22.7. The van der Waals surface area contributed by atoms with Crippen molar-refractivity contribution in [3.8, 4) is 5.75 Å². The zero-order chi connectivity index (χ0) is 20.7. The number of nitrogens with two attached hydrogens (primary N) is 1. The molecule has 1 fully saturated rings. The standard InChI is InChI=1S/C17H26N6O4S/c1-10-7-26-8-11-9-27-13-14(17(2,3)28(4,24)25)21-16(20-12(19)5-6-18)22-15(13)23(10)11/h5-6,10-11,18H,7-9,19H2,1-4H3,(H,20,21,22)/b12-5+,18-6?/t10-,11+/m1/s1. The van der Waals surface area contributed by atoms with Crippen molar-refractivity contribution in [2.75, 3.05) is 36.3 Å². The molecule has 2 atom stereocenters. The Bertz CT molecular complexity index is 914. The van der Waals surface area contributed by atoms with Gasteiger partial charge in [0.2, 0.25) is 5.95 Å². The lowest BCUT2D eigenvalue weighted by Gasteiger charge is -2.45. The lowest BCUT2D eigenvalue weighted by atomic mass is 10.0. The fourth-order valence-electron chi connectivity index (χ4n) is 3.23. The number of sulfone groups is 1. The van der Waals surface area contributed by atoms with Gasteiger partial charge >= 0.3 is 0 Å². The van der Waals surface area contributed by atoms with Gasteiger partial charge in [0, 0.05) is 12.5 Å². The molecular formula is C17H26N6O4S. The Labute approximate surface area is 164 Å². The molecule has 0 unspecified atom stereocenters. The molecule has 0 saturated carbocycles. The molecule has 1 saturated heterocycles. The number of allylic oxidation sites excluding steroid dienone is 1. The van der Waals surface area contributed by atoms with Crippen molar-refractivity contribution >= 4 is 27.8 Å². The number of nitrogens with zero attached hydrogens (tertiary/aromatic N) is 3. The van der Waals surface area contributed by atoms with E-state index in [1.807, 2.05) is 6.92 Å². The first-order valence-corrected chi connectivity index (χ1v) is 10.8. The number of rotatable bonds is 5. The molecule has 0 radical (unpaired) electrons. The molecule has 154 valence electrons. The summed E-state index contributed by atoms with van der Waals surface area (Å²) < 4.78 is 35.2. The van der Waals surface area contributed by atoms with Crippen LogP contribution in [0.1, 0.15) is 26.5 Å². The minimum absolute atomic E-state index is 0.0253. The van der Waals surface area contributed by atoms with E-state index in [-0.39, 0.29) is 29.5 Å². The molecule has 3 rings (SSSR count). The van der Waals surface area contributed by atoms with Crippen LogP contribution in [-0.4, -0.2) is 62.8 Å². The van der Waals surface area contributed by atoms with Crippen molar-refractivity contribution in [2.24, 2.45) is 5.73 Å². The molecule has 4 N–H and O–H groups in total. The maximum absolute atomic E-state index is 12.5. The number of ether oxygens (including phenoxy) is 2. The zero-order valence-electron chi connectivity index (χ0n) is 16.4. The molecule has 2 aliphatic heterocycles. The SMILES string of the molecule is C[C@@H]1COC[C@H]2COc3c(nc(N/C(N)=C/C=N)nc3C(C)(C)S(C)(=O)=O)N21. The van der Waals surface area contributed by atoms with Crippen LogP contribution in [0.5, 0.6) is 5.75 Å². The zero-order valence-corrected chi connectivity index (χ0v) is 17.2. The molecule has 0 amide bonds. The van der Waals surface area contributed by atoms with Gasteiger partial charge < -0.3 is 30.8 Å². The quantitative estimate of drug-likeness (QED) is 0.594. The highest BCUT2D eigenvalue weighted by Crippen LogP contribution is 2.44. The van der Waals surface area contributed by atoms with Gasteiger partial charge in [-0.15, -0.1) is 0 Å². The van der Waals surface area contributed by atoms with Crippen LogP contribution in [0.4, 0.5) is 11.8 Å². The Morgan fingerprint density at radius 3 is 2.71 bits per heavy atom. The molecule has 0 spiro atoms. The molecular weight excluding hydrogens is 384 g/mol. The highest BCUT2D eigenvalue weighted by molar-refractivity contribution is 7.91. The number of aromatic nitrogens is 2. The van der Waals surface area contributed by atoms with Gasteiger partial charge in [-0.25, -0.2) is 13.4 Å². The van der Waals surface area contributed by atoms with Gasteiger partial charge in [-0.05, 0) is 26.8 Å². The second-order valence-corrected chi connectivity index (χ2v) is 10.1. The number of anilines is 2. The summed E-state index contributed by atoms with van der Waals surface area (Å²) in [4.78, 5) is 11.1. The lowest BCUT2D eigenvalue weighted by molar-refractivity contribution is 0.0482. The second kappa shape index (κ2) is 7.21. The first-order valence-electron chi connectivity index (χ1n) is 8.90. The largest absolute Gasteiger partial charge is 0.486 e. The first-order chi connectivity index (χ1) is 13.1. The van der Waals surface area contributed by atoms with E-state index in [4.69, 9.17) is 20.6 Å². The van der Waals surface area contributed by atoms with Gasteiger partial charge in [0.15, 0.2) is 21.4 Å². The average molecular weight is 411 g/mol. The molecule has 3 heterocycles. The summed E-state index contributed by atoms with van der Waals surface area (Å²) >= 11 is 0. The van der Waals surface area contributed by atoms with Gasteiger partial charge in [-0.3, -0.25) is 0 Å². The van der Waals surface area contributed by atoms with Gasteiger partial charge in [-0.2, -0.15) is 4.98 Å². The Hall–Kier alpha value is -2.40. The topological polar surface area (TPSA) is 144 Å². The number of fused-ring (bicyclic) bond motifs is 3. The molecule has 0 aliphatic carbocycles. The van der Waals surface area contributed by atoms with E-state index in [1.165, 1.54) is 12.3 Å². The summed E-state index contributed by atoms with van der Waals surface area (Å²) in [5, 5.41) is 9.96. The molecule has 1 aromatic heterocycles. The van der Waals surface area contributed by atoms with Crippen LogP contribution in [-0.2, 0) is 19.3 Å². The monoisotopic (exact) mass is 410 g/mol. The van der Waals surface area contributed by atoms with Gasteiger partial charge in [0.1, 0.15) is 22.9 Å². The van der Waals surface area contributed by atoms with Crippen molar-refractivity contribution in [3.63, 3.8) is 0 Å². The molecule has 28 heavy (non-hydrogen) atoms. The van der Waals surface area contributed by atoms with Crippen LogP contribution in [0, 0.1) is 5.41 Å². The van der Waals surface area contributed by atoms with E-state index >= 15 is 0 Å². The molecule has 0 aromatic carbocycles. The van der Waals surface area contributed by atoms with Gasteiger partial charge in [0.05, 0.1) is 25.3 Å². The third-order valence-corrected chi connectivity index (χ3v) is 7.11. The number of hydrogen-bond acceptors (Lipinski definition) is 10. The summed E-state index contributed by atoms with van der Waals surface area (Å²) in [5.41, 5.74) is 6.10. The summed E-state index contributed by atoms with van der Waals surface area (Å²) in [7, 11) is -3.51. The van der Waals surface area contributed by atoms with Crippen molar-refractivity contribution in [1.29, 1.82) is 5.41 Å². The van der Waals surface area contributed by atoms with Crippen molar-refractivity contribution in [1.82, 2.24) is 9.97 Å². The summed E-state index contributed by atoms with van der Waals surface area (Å²) in [6.45, 7) is 6.57. The highest BCUT2D eigenvalue weighted by atomic mass is 32.2. The molecule has 1 aromatic rings. The Kier molecular flexibility index (Phi) is 5.24. The van der Waals surface area contributed by atoms with Crippen LogP contribution in [0.15, 0.2) is 11.9 Å². The highest BCUT2D eigenvalue weighted by Gasteiger charge is 2.43. The Morgan fingerprint density at radius 1 is 1.36 bits per heavy atom. The summed E-state index contributed by atoms with van der Waals surface area (Å²) in [6.07, 6.45) is 3.55. The number of nitrogens with one attached hydrogen (secondary N) is 2. The molecule has 10 nitrogen and oxygen atoms in total. The van der Waals surface area contributed by atoms with Crippen LogP contribution in [0.3, 0.4) is 0 Å². The second-order valence-electron chi connectivity index (χ2n) is 7.50. The fraction of sp³-hybridized carbons (Fsp3) is 0.588. The van der Waals surface area contributed by atoms with Crippen molar-refractivity contribution < 1.29 is 17.9 Å². The van der Waals surface area contributed by atoms with Crippen molar-refractivity contribution in [3.05, 3.63) is 17.6 Å². The van der Waals surface area contributed by atoms with Crippen LogP contribution in [0.25, 0.3) is 0 Å². The van der Waals surface area contributed by atoms with E-state index in [0.717, 1.165) is 6.21 Å². The molecule has 2 aliphatic rings. The van der Waals surface area contributed by atoms with Crippen molar-refractivity contribution in [2.45, 2.75) is 37.6 Å². The number of hydrogen-bond donors (Lipinski definition) is 3. The average Bonchev–Trinajstić information content (AvgIpc) is 2.60. The minimum atomic E-state index is -3.51. The smallest absolute Gasteiger partial charge is 0.230 e. The predicted octanol–water partition coefficient (Wildman–Crippen LogP) is 0.604. The first kappa shape index (κ1) is 20.3. The molecule has 0 bridgehead atoms. The van der Waals surface area contributed by atoms with E-state index in [0.29, 0.717) is 31.4 Å². The maximum Gasteiger partial charge on any atom is 0.230 e. The Balaban J connectivity index is 2.21. The molecule has 11 heteroatoms. The summed E-state index contributed by atoms with van der Waals surface area (Å²) in [6, 6.07) is 0.00969. The minimum Gasteiger partial charge on any atom is -0.486 e. The lowest BCUT2D eigenvalue weighted by Crippen LogP contribution is -2.56. The fourth-order valence-corrected chi connectivity index (χ4v) is 3.72. The van der Waals surface area contributed by atoms with E-state index in [9.17, 15) is 8.42 Å². The van der Waals surface area contributed by atoms with E-state index in [2.05, 4.69) is 20.2 Å². The Morgan fingerprint density at radius 2 is 2.07 bits per heavy atom. The number of morpholine rings is 1. The van der Waals surface area contributed by atoms with Gasteiger partial charge in [0.25, 0.3) is 0 Å². The predicted molar refractivity (Wildman–Crippen MR) is 107 cm³/mol. The van der Waals surface area contributed by atoms with E-state index < -0.39 is 14.6 Å². The van der Waals surface area contributed by atoms with Crippen LogP contribution >= 0.6 is 0 Å². The van der Waals surface area contributed by atoms with E-state index in [1.54, 1.807) is 13.8 Å². The summed E-state index contributed by atoms with van der Waals surface area (Å²) in [5.74, 6) is 1.19. The van der Waals surface area contributed by atoms with Gasteiger partial charge in [-0.1, -0.05) is 0 Å².